The van der Waals surface area contributed by atoms with Crippen LogP contribution in [0, 0.1) is 17.2 Å². The van der Waals surface area contributed by atoms with E-state index in [0.29, 0.717) is 11.8 Å². The number of rotatable bonds is 2. The van der Waals surface area contributed by atoms with Gasteiger partial charge in [-0.25, -0.2) is 0 Å². The number of amidine groups is 1. The standard InChI is InChI=1S/C14H18BrN3O/c15-9-2-3-12(10(5-9)14(16)17)18-6-8-1-4-13(19)11(8)7-18/h2-3,5,8,11,13,19H,1,4,6-7H2,(H3,16,17). The van der Waals surface area contributed by atoms with Crippen LogP contribution in [0.5, 0.6) is 0 Å². The van der Waals surface area contributed by atoms with Crippen LogP contribution in [0.25, 0.3) is 0 Å². The molecule has 0 spiro atoms. The van der Waals surface area contributed by atoms with Crippen molar-refractivity contribution in [3.8, 4) is 0 Å². The molecule has 4 N–H and O–H groups in total. The van der Waals surface area contributed by atoms with Crippen molar-refractivity contribution in [2.45, 2.75) is 18.9 Å². The van der Waals surface area contributed by atoms with Crippen LogP contribution < -0.4 is 10.6 Å². The smallest absolute Gasteiger partial charge is 0.124 e. The summed E-state index contributed by atoms with van der Waals surface area (Å²) in [6, 6.07) is 5.88. The summed E-state index contributed by atoms with van der Waals surface area (Å²) in [6.45, 7) is 1.83. The summed E-state index contributed by atoms with van der Waals surface area (Å²) in [4.78, 5) is 2.26. The SMILES string of the molecule is N=C(N)c1cc(Br)ccc1N1CC2CCC(O)C2C1. The van der Waals surface area contributed by atoms with Gasteiger partial charge in [-0.15, -0.1) is 0 Å². The fourth-order valence-corrected chi connectivity index (χ4v) is 3.79. The topological polar surface area (TPSA) is 73.3 Å². The molecule has 3 unspecified atom stereocenters. The number of nitrogens with two attached hydrogens (primary N) is 1. The normalized spacial score (nSPS) is 29.6. The van der Waals surface area contributed by atoms with Crippen molar-refractivity contribution in [2.75, 3.05) is 18.0 Å². The first-order valence-electron chi connectivity index (χ1n) is 6.63. The van der Waals surface area contributed by atoms with Crippen molar-refractivity contribution in [3.05, 3.63) is 28.2 Å². The molecule has 19 heavy (non-hydrogen) atoms. The molecule has 0 aromatic heterocycles. The summed E-state index contributed by atoms with van der Waals surface area (Å²) in [5, 5.41) is 17.7. The van der Waals surface area contributed by atoms with Gasteiger partial charge >= 0.3 is 0 Å². The van der Waals surface area contributed by atoms with Gasteiger partial charge in [0, 0.05) is 34.7 Å². The fraction of sp³-hybridized carbons (Fsp3) is 0.500. The number of hydrogen-bond donors (Lipinski definition) is 3. The van der Waals surface area contributed by atoms with Gasteiger partial charge in [0.2, 0.25) is 0 Å². The second-order valence-electron chi connectivity index (χ2n) is 5.55. The Hall–Kier alpha value is -1.07. The Balaban J connectivity index is 1.90. The monoisotopic (exact) mass is 323 g/mol. The molecule has 102 valence electrons. The lowest BCUT2D eigenvalue weighted by molar-refractivity contribution is 0.133. The van der Waals surface area contributed by atoms with E-state index in [2.05, 4.69) is 20.8 Å². The van der Waals surface area contributed by atoms with E-state index in [4.69, 9.17) is 11.1 Å². The number of benzene rings is 1. The van der Waals surface area contributed by atoms with Crippen molar-refractivity contribution in [1.29, 1.82) is 5.41 Å². The summed E-state index contributed by atoms with van der Waals surface area (Å²) >= 11 is 3.42. The van der Waals surface area contributed by atoms with Gasteiger partial charge in [-0.2, -0.15) is 0 Å². The number of aliphatic hydroxyl groups excluding tert-OH is 1. The molecule has 4 nitrogen and oxygen atoms in total. The van der Waals surface area contributed by atoms with Gasteiger partial charge in [-0.05, 0) is 37.0 Å². The second-order valence-corrected chi connectivity index (χ2v) is 6.46. The molecule has 2 aliphatic rings. The van der Waals surface area contributed by atoms with Crippen LogP contribution in [0.4, 0.5) is 5.69 Å². The predicted molar refractivity (Wildman–Crippen MR) is 79.6 cm³/mol. The Morgan fingerprint density at radius 1 is 1.37 bits per heavy atom. The minimum Gasteiger partial charge on any atom is -0.393 e. The predicted octanol–water partition coefficient (Wildman–Crippen LogP) is 1.94. The van der Waals surface area contributed by atoms with Crippen molar-refractivity contribution >= 4 is 27.5 Å². The summed E-state index contributed by atoms with van der Waals surface area (Å²) in [5.41, 5.74) is 7.46. The summed E-state index contributed by atoms with van der Waals surface area (Å²) < 4.78 is 0.931. The number of aliphatic hydroxyl groups is 1. The van der Waals surface area contributed by atoms with E-state index in [0.717, 1.165) is 41.7 Å². The van der Waals surface area contributed by atoms with E-state index in [1.807, 2.05) is 18.2 Å². The Morgan fingerprint density at radius 2 is 2.16 bits per heavy atom. The molecule has 1 aromatic rings. The van der Waals surface area contributed by atoms with E-state index in [1.54, 1.807) is 0 Å². The molecule has 3 atom stereocenters. The number of anilines is 1. The van der Waals surface area contributed by atoms with Crippen LogP contribution in [-0.2, 0) is 0 Å². The third-order valence-electron chi connectivity index (χ3n) is 4.41. The van der Waals surface area contributed by atoms with Crippen LogP contribution in [0.1, 0.15) is 18.4 Å². The number of nitrogens with one attached hydrogen (secondary N) is 1. The van der Waals surface area contributed by atoms with Crippen LogP contribution in [0.2, 0.25) is 0 Å². The highest BCUT2D eigenvalue weighted by Crippen LogP contribution is 2.40. The van der Waals surface area contributed by atoms with Gasteiger partial charge < -0.3 is 15.7 Å². The van der Waals surface area contributed by atoms with E-state index < -0.39 is 0 Å². The van der Waals surface area contributed by atoms with Crippen molar-refractivity contribution in [1.82, 2.24) is 0 Å². The molecule has 0 bridgehead atoms. The minimum atomic E-state index is -0.161. The van der Waals surface area contributed by atoms with Gasteiger partial charge in [0.25, 0.3) is 0 Å². The van der Waals surface area contributed by atoms with Crippen LogP contribution in [0.3, 0.4) is 0 Å². The lowest BCUT2D eigenvalue weighted by atomic mass is 10.00. The Morgan fingerprint density at radius 3 is 2.84 bits per heavy atom. The number of halogens is 1. The van der Waals surface area contributed by atoms with Gasteiger partial charge in [0.15, 0.2) is 0 Å². The van der Waals surface area contributed by atoms with Gasteiger partial charge in [-0.3, -0.25) is 5.41 Å². The van der Waals surface area contributed by atoms with Crippen molar-refractivity contribution in [2.24, 2.45) is 17.6 Å². The van der Waals surface area contributed by atoms with Gasteiger partial charge in [0.05, 0.1) is 6.10 Å². The zero-order valence-corrected chi connectivity index (χ0v) is 12.2. The molecule has 1 saturated heterocycles. The van der Waals surface area contributed by atoms with Gasteiger partial charge in [0.1, 0.15) is 5.84 Å². The fourth-order valence-electron chi connectivity index (χ4n) is 3.43. The highest BCUT2D eigenvalue weighted by molar-refractivity contribution is 9.10. The molecule has 5 heteroatoms. The first-order valence-corrected chi connectivity index (χ1v) is 7.42. The first-order chi connectivity index (χ1) is 9.06. The third-order valence-corrected chi connectivity index (χ3v) is 4.90. The average molecular weight is 324 g/mol. The molecule has 1 aromatic carbocycles. The molecule has 0 amide bonds. The van der Waals surface area contributed by atoms with Crippen LogP contribution >= 0.6 is 15.9 Å². The first kappa shape index (κ1) is 12.9. The third kappa shape index (κ3) is 2.25. The molecule has 0 radical (unpaired) electrons. The lowest BCUT2D eigenvalue weighted by Gasteiger charge is -2.23. The largest absolute Gasteiger partial charge is 0.393 e. The maximum absolute atomic E-state index is 9.99. The maximum atomic E-state index is 9.99. The summed E-state index contributed by atoms with van der Waals surface area (Å²) in [5.74, 6) is 1.05. The number of fused-ring (bicyclic) bond motifs is 1. The van der Waals surface area contributed by atoms with Crippen molar-refractivity contribution < 1.29 is 5.11 Å². The van der Waals surface area contributed by atoms with Crippen LogP contribution in [0.15, 0.2) is 22.7 Å². The highest BCUT2D eigenvalue weighted by atomic mass is 79.9. The Labute approximate surface area is 121 Å². The molecule has 3 rings (SSSR count). The zero-order chi connectivity index (χ0) is 13.6. The highest BCUT2D eigenvalue weighted by Gasteiger charge is 2.42. The summed E-state index contributed by atoms with van der Waals surface area (Å²) in [7, 11) is 0. The number of nitrogens with zero attached hydrogens (tertiary/aromatic N) is 1. The van der Waals surface area contributed by atoms with Crippen LogP contribution in [-0.4, -0.2) is 30.1 Å². The van der Waals surface area contributed by atoms with E-state index in [1.165, 1.54) is 0 Å². The van der Waals surface area contributed by atoms with Gasteiger partial charge in [-0.1, -0.05) is 15.9 Å². The van der Waals surface area contributed by atoms with E-state index in [-0.39, 0.29) is 11.9 Å². The molecular formula is C14H18BrN3O. The molecular weight excluding hydrogens is 306 g/mol. The minimum absolute atomic E-state index is 0.0916. The van der Waals surface area contributed by atoms with E-state index in [9.17, 15) is 5.11 Å². The molecule has 1 heterocycles. The number of nitrogen functional groups attached to an aromatic ring is 1. The zero-order valence-electron chi connectivity index (χ0n) is 10.6. The molecule has 2 fully saturated rings. The quantitative estimate of drug-likeness (QED) is 0.575. The second kappa shape index (κ2) is 4.80. The van der Waals surface area contributed by atoms with Crippen molar-refractivity contribution in [3.63, 3.8) is 0 Å². The maximum Gasteiger partial charge on any atom is 0.124 e. The Bertz CT molecular complexity index is 519. The molecule has 1 saturated carbocycles. The summed E-state index contributed by atoms with van der Waals surface area (Å²) in [6.07, 6.45) is 1.88. The number of hydrogen-bond acceptors (Lipinski definition) is 3. The average Bonchev–Trinajstić information content (AvgIpc) is 2.92. The molecule has 1 aliphatic carbocycles. The Kier molecular flexibility index (Phi) is 3.27. The lowest BCUT2D eigenvalue weighted by Crippen LogP contribution is -2.27. The molecule has 1 aliphatic heterocycles. The van der Waals surface area contributed by atoms with E-state index >= 15 is 0 Å².